The van der Waals surface area contributed by atoms with Gasteiger partial charge in [0.25, 0.3) is 5.91 Å². The summed E-state index contributed by atoms with van der Waals surface area (Å²) in [6.07, 6.45) is -2.18. The van der Waals surface area contributed by atoms with Gasteiger partial charge >= 0.3 is 12.1 Å². The minimum atomic E-state index is -1.30. The van der Waals surface area contributed by atoms with Crippen LogP contribution in [0, 0.1) is 11.3 Å². The molecule has 5 aromatic rings. The van der Waals surface area contributed by atoms with Crippen LogP contribution in [-0.2, 0) is 45.1 Å². The summed E-state index contributed by atoms with van der Waals surface area (Å²) in [6, 6.07) is 29.7. The molecule has 12 nitrogen and oxygen atoms in total. The van der Waals surface area contributed by atoms with E-state index >= 15 is 0 Å². The van der Waals surface area contributed by atoms with Crippen molar-refractivity contribution in [1.29, 1.82) is 5.26 Å². The summed E-state index contributed by atoms with van der Waals surface area (Å²) in [5, 5.41) is 25.7. The number of carboxylic acids is 1. The Balaban J connectivity index is 1.05. The van der Waals surface area contributed by atoms with Gasteiger partial charge in [0, 0.05) is 18.4 Å². The van der Waals surface area contributed by atoms with E-state index in [4.69, 9.17) is 42.7 Å². The summed E-state index contributed by atoms with van der Waals surface area (Å²) in [5.41, 5.74) is 6.16. The molecule has 0 spiro atoms. The van der Waals surface area contributed by atoms with Crippen molar-refractivity contribution in [3.05, 3.63) is 147 Å². The Kier molecular flexibility index (Phi) is 12.1. The molecule has 7 rings (SSSR count). The average molecular weight is 834 g/mol. The molecule has 3 amide bonds. The number of halogens is 2. The molecule has 3 N–H and O–H groups in total. The van der Waals surface area contributed by atoms with Crippen LogP contribution in [0.25, 0.3) is 11.1 Å². The van der Waals surface area contributed by atoms with Crippen LogP contribution in [0.4, 0.5) is 10.5 Å². The van der Waals surface area contributed by atoms with Crippen molar-refractivity contribution < 1.29 is 38.5 Å². The minimum absolute atomic E-state index is 0.0129. The Hall–Kier alpha value is -6.55. The third-order valence-electron chi connectivity index (χ3n) is 9.97. The summed E-state index contributed by atoms with van der Waals surface area (Å²) in [4.78, 5) is 54.5. The van der Waals surface area contributed by atoms with E-state index in [0.717, 1.165) is 16.7 Å². The van der Waals surface area contributed by atoms with Gasteiger partial charge in [0.15, 0.2) is 0 Å². The molecule has 59 heavy (non-hydrogen) atoms. The fourth-order valence-corrected chi connectivity index (χ4v) is 7.23. The molecule has 0 bridgehead atoms. The number of amides is 3. The Morgan fingerprint density at radius 1 is 0.915 bits per heavy atom. The summed E-state index contributed by atoms with van der Waals surface area (Å²) >= 11 is 12.1. The third kappa shape index (κ3) is 9.44. The number of carbonyl (C=O) groups excluding carboxylic acids is 3. The van der Waals surface area contributed by atoms with Crippen LogP contribution in [0.5, 0.6) is 11.5 Å². The summed E-state index contributed by atoms with van der Waals surface area (Å²) < 4.78 is 17.6. The maximum Gasteiger partial charge on any atom is 0.411 e. The van der Waals surface area contributed by atoms with E-state index in [2.05, 4.69) is 16.7 Å². The van der Waals surface area contributed by atoms with Crippen molar-refractivity contribution in [1.82, 2.24) is 10.2 Å². The van der Waals surface area contributed by atoms with Gasteiger partial charge < -0.3 is 30.0 Å². The highest BCUT2D eigenvalue weighted by atomic mass is 35.5. The molecule has 300 valence electrons. The lowest BCUT2D eigenvalue weighted by Crippen LogP contribution is -2.56. The molecule has 5 aromatic carbocycles. The highest BCUT2D eigenvalue weighted by molar-refractivity contribution is 6.42. The van der Waals surface area contributed by atoms with E-state index in [0.29, 0.717) is 55.0 Å². The van der Waals surface area contributed by atoms with Crippen LogP contribution in [-0.4, -0.2) is 52.1 Å². The molecule has 0 fully saturated rings. The second-order valence-corrected chi connectivity index (χ2v) is 15.3. The van der Waals surface area contributed by atoms with Gasteiger partial charge in [-0.2, -0.15) is 5.26 Å². The van der Waals surface area contributed by atoms with E-state index in [1.54, 1.807) is 86.6 Å². The summed E-state index contributed by atoms with van der Waals surface area (Å²) in [6.45, 7) is 3.61. The Morgan fingerprint density at radius 3 is 2.24 bits per heavy atom. The molecule has 3 atom stereocenters. The van der Waals surface area contributed by atoms with Gasteiger partial charge in [0.05, 0.1) is 40.0 Å². The first-order valence-corrected chi connectivity index (χ1v) is 19.5. The van der Waals surface area contributed by atoms with Crippen LogP contribution in [0.1, 0.15) is 53.3 Å². The first kappa shape index (κ1) is 40.6. The SMILES string of the molecule is CC(C)OC(=O)N1Cc2cc3c(cc2C[C@H]1C(=O)N[C@@H](Cc1ccc(-c2ccc(C#N)cc2)cc1)C(=O)O)NC(=O)C(c1ccc(OCc2ccc(Cl)c(Cl)c2)cc1)O3. The van der Waals surface area contributed by atoms with E-state index in [1.807, 2.05) is 30.3 Å². The molecule has 2 aliphatic rings. The van der Waals surface area contributed by atoms with Crippen molar-refractivity contribution in [3.63, 3.8) is 0 Å². The normalized spacial score (nSPS) is 16.1. The lowest BCUT2D eigenvalue weighted by Gasteiger charge is -2.37. The molecule has 0 saturated heterocycles. The van der Waals surface area contributed by atoms with Crippen LogP contribution in [0.15, 0.2) is 103 Å². The molecule has 2 heterocycles. The predicted molar refractivity (Wildman–Crippen MR) is 220 cm³/mol. The number of nitrogens with zero attached hydrogens (tertiary/aromatic N) is 2. The quantitative estimate of drug-likeness (QED) is 0.119. The minimum Gasteiger partial charge on any atom is -0.489 e. The van der Waals surface area contributed by atoms with Gasteiger partial charge in [-0.3, -0.25) is 14.5 Å². The molecule has 0 aliphatic carbocycles. The van der Waals surface area contributed by atoms with Gasteiger partial charge in [-0.25, -0.2) is 9.59 Å². The van der Waals surface area contributed by atoms with Gasteiger partial charge in [0.2, 0.25) is 12.0 Å². The highest BCUT2D eigenvalue weighted by Gasteiger charge is 2.39. The number of anilines is 1. The number of fused-ring (bicyclic) bond motifs is 2. The number of ether oxygens (including phenoxy) is 3. The molecular weight excluding hydrogens is 795 g/mol. The van der Waals surface area contributed by atoms with E-state index < -0.39 is 48.2 Å². The average Bonchev–Trinajstić information content (AvgIpc) is 3.22. The highest BCUT2D eigenvalue weighted by Crippen LogP contribution is 2.40. The number of rotatable bonds is 11. The first-order chi connectivity index (χ1) is 28.3. The maximum absolute atomic E-state index is 13.9. The smallest absolute Gasteiger partial charge is 0.411 e. The number of hydrogen-bond donors (Lipinski definition) is 3. The molecule has 0 radical (unpaired) electrons. The van der Waals surface area contributed by atoms with E-state index in [1.165, 1.54) is 4.90 Å². The number of benzene rings is 5. The van der Waals surface area contributed by atoms with Crippen molar-refractivity contribution in [2.24, 2.45) is 0 Å². The standard InChI is InChI=1S/C45H38Cl2N4O8/c1-25(2)58-45(56)51-23-33-21-40-37(49-43(53)41(59-40)31-12-14-34(15-13-31)57-24-28-7-16-35(46)36(47)17-28)19-32(33)20-39(51)42(52)50-38(44(54)55)18-26-3-8-29(9-4-26)30-10-5-27(22-48)6-11-30/h3-17,19,21,25,38-39,41H,18,20,23-24H2,1-2H3,(H,49,53)(H,50,52)(H,54,55)/t38-,39-,41?/m0/s1. The molecule has 1 unspecified atom stereocenters. The van der Waals surface area contributed by atoms with Crippen LogP contribution in [0.3, 0.4) is 0 Å². The Labute approximate surface area is 350 Å². The largest absolute Gasteiger partial charge is 0.489 e. The molecule has 14 heteroatoms. The first-order valence-electron chi connectivity index (χ1n) is 18.7. The second kappa shape index (κ2) is 17.5. The van der Waals surface area contributed by atoms with Crippen molar-refractivity contribution >= 4 is 52.8 Å². The van der Waals surface area contributed by atoms with Crippen LogP contribution < -0.4 is 20.1 Å². The lowest BCUT2D eigenvalue weighted by atomic mass is 9.92. The number of carbonyl (C=O) groups is 4. The molecule has 2 aliphatic heterocycles. The zero-order valence-corrected chi connectivity index (χ0v) is 33.4. The topological polar surface area (TPSA) is 167 Å². The van der Waals surface area contributed by atoms with Crippen LogP contribution >= 0.6 is 23.2 Å². The molecule has 0 aromatic heterocycles. The van der Waals surface area contributed by atoms with Crippen LogP contribution in [0.2, 0.25) is 10.0 Å². The van der Waals surface area contributed by atoms with Crippen molar-refractivity contribution in [2.45, 2.75) is 64.1 Å². The summed E-state index contributed by atoms with van der Waals surface area (Å²) in [7, 11) is 0. The fraction of sp³-hybridized carbons (Fsp3) is 0.222. The van der Waals surface area contributed by atoms with Crippen molar-refractivity contribution in [3.8, 4) is 28.7 Å². The maximum atomic E-state index is 13.9. The van der Waals surface area contributed by atoms with Gasteiger partial charge in [-0.1, -0.05) is 77.8 Å². The van der Waals surface area contributed by atoms with Gasteiger partial charge in [-0.15, -0.1) is 0 Å². The third-order valence-corrected chi connectivity index (χ3v) is 10.7. The van der Waals surface area contributed by atoms with Gasteiger partial charge in [0.1, 0.15) is 30.2 Å². The van der Waals surface area contributed by atoms with E-state index in [9.17, 15) is 24.3 Å². The fourth-order valence-electron chi connectivity index (χ4n) is 6.91. The zero-order valence-electron chi connectivity index (χ0n) is 31.9. The molecule has 0 saturated carbocycles. The molecular formula is C45H38Cl2N4O8. The number of hydrogen-bond acceptors (Lipinski definition) is 8. The zero-order chi connectivity index (χ0) is 41.8. The Bertz CT molecular complexity index is 2450. The lowest BCUT2D eigenvalue weighted by molar-refractivity contribution is -0.142. The van der Waals surface area contributed by atoms with E-state index in [-0.39, 0.29) is 26.0 Å². The number of aliphatic carboxylic acids is 1. The monoisotopic (exact) mass is 832 g/mol. The van der Waals surface area contributed by atoms with Gasteiger partial charge in [-0.05, 0) is 95.8 Å². The number of nitriles is 1. The summed E-state index contributed by atoms with van der Waals surface area (Å²) in [5.74, 6) is -1.36. The number of carboxylic acid groups (broad SMARTS) is 1. The number of nitrogens with one attached hydrogen (secondary N) is 2. The predicted octanol–water partition coefficient (Wildman–Crippen LogP) is 8.27. The second-order valence-electron chi connectivity index (χ2n) is 14.5. The van der Waals surface area contributed by atoms with Crippen molar-refractivity contribution in [2.75, 3.05) is 5.32 Å². The Morgan fingerprint density at radius 2 is 1.59 bits per heavy atom.